The largest absolute Gasteiger partial charge is 0.398 e. The van der Waals surface area contributed by atoms with Gasteiger partial charge < -0.3 is 5.73 Å². The number of aryl methyl sites for hydroxylation is 2. The number of fused-ring (bicyclic) bond motifs is 1. The van der Waals surface area contributed by atoms with Crippen molar-refractivity contribution < 1.29 is 0 Å². The second kappa shape index (κ2) is 5.33. The summed E-state index contributed by atoms with van der Waals surface area (Å²) in [5, 5.41) is 2.79. The van der Waals surface area contributed by atoms with Gasteiger partial charge in [0.05, 0.1) is 0 Å². The Balaban J connectivity index is 2.09. The number of nitrogen functional groups attached to an aromatic ring is 1. The van der Waals surface area contributed by atoms with E-state index in [1.807, 2.05) is 45.2 Å². The molecule has 21 heavy (non-hydrogen) atoms. The van der Waals surface area contributed by atoms with Crippen LogP contribution in [0.5, 0.6) is 0 Å². The molecule has 0 aliphatic rings. The van der Waals surface area contributed by atoms with E-state index >= 15 is 0 Å². The molecule has 0 radical (unpaired) electrons. The van der Waals surface area contributed by atoms with Crippen LogP contribution in [0.25, 0.3) is 10.8 Å². The van der Waals surface area contributed by atoms with Gasteiger partial charge in [-0.2, -0.15) is 0 Å². The molecule has 4 nitrogen and oxygen atoms in total. The molecule has 0 amide bonds. The van der Waals surface area contributed by atoms with Crippen LogP contribution in [-0.4, -0.2) is 15.0 Å². The van der Waals surface area contributed by atoms with Crippen LogP contribution in [0.2, 0.25) is 0 Å². The van der Waals surface area contributed by atoms with E-state index in [4.69, 9.17) is 5.73 Å². The molecule has 3 aromatic rings. The number of aromatic nitrogens is 3. The van der Waals surface area contributed by atoms with Gasteiger partial charge in [-0.05, 0) is 56.3 Å². The van der Waals surface area contributed by atoms with E-state index in [-0.39, 0.29) is 0 Å². The summed E-state index contributed by atoms with van der Waals surface area (Å²) < 4.78 is 0. The van der Waals surface area contributed by atoms with Gasteiger partial charge in [-0.15, -0.1) is 0 Å². The Morgan fingerprint density at radius 1 is 0.952 bits per heavy atom. The quantitative estimate of drug-likeness (QED) is 0.577. The first kappa shape index (κ1) is 13.8. The van der Waals surface area contributed by atoms with Crippen molar-refractivity contribution in [2.75, 3.05) is 5.73 Å². The Morgan fingerprint density at radius 3 is 2.38 bits per heavy atom. The Bertz CT molecular complexity index is 807. The molecule has 0 unspecified atom stereocenters. The smallest absolute Gasteiger partial charge is 0.192 e. The third kappa shape index (κ3) is 2.56. The van der Waals surface area contributed by atoms with E-state index in [1.165, 1.54) is 0 Å². The zero-order valence-electron chi connectivity index (χ0n) is 12.2. The molecule has 1 aromatic carbocycles. The van der Waals surface area contributed by atoms with Crippen LogP contribution in [0.15, 0.2) is 40.6 Å². The number of benzene rings is 1. The van der Waals surface area contributed by atoms with Crippen molar-refractivity contribution in [2.45, 2.75) is 30.8 Å². The third-order valence-electron chi connectivity index (χ3n) is 3.63. The van der Waals surface area contributed by atoms with Gasteiger partial charge in [0, 0.05) is 45.1 Å². The molecule has 0 bridgehead atoms. The zero-order valence-corrected chi connectivity index (χ0v) is 13.0. The van der Waals surface area contributed by atoms with Gasteiger partial charge >= 0.3 is 0 Å². The summed E-state index contributed by atoms with van der Waals surface area (Å²) in [5.74, 6) is 0. The molecular formula is C16H16N4S. The van der Waals surface area contributed by atoms with Crippen molar-refractivity contribution in [2.24, 2.45) is 0 Å². The van der Waals surface area contributed by atoms with Crippen LogP contribution in [0, 0.1) is 20.8 Å². The van der Waals surface area contributed by atoms with E-state index in [0.717, 1.165) is 43.5 Å². The number of hydrogen-bond donors (Lipinski definition) is 1. The van der Waals surface area contributed by atoms with Gasteiger partial charge in [-0.1, -0.05) is 0 Å². The first-order chi connectivity index (χ1) is 10.1. The number of rotatable bonds is 2. The summed E-state index contributed by atoms with van der Waals surface area (Å²) in [4.78, 5) is 14.4. The van der Waals surface area contributed by atoms with E-state index in [1.54, 1.807) is 18.0 Å². The van der Waals surface area contributed by atoms with Crippen LogP contribution in [0.4, 0.5) is 5.69 Å². The van der Waals surface area contributed by atoms with E-state index < -0.39 is 0 Å². The average Bonchev–Trinajstić information content (AvgIpc) is 2.48. The fourth-order valence-electron chi connectivity index (χ4n) is 2.16. The number of nitrogens with zero attached hydrogens (tertiary/aromatic N) is 3. The maximum absolute atomic E-state index is 6.02. The molecule has 3 rings (SSSR count). The highest BCUT2D eigenvalue weighted by atomic mass is 32.2. The maximum atomic E-state index is 6.02. The number of hydrogen-bond acceptors (Lipinski definition) is 5. The molecule has 0 aliphatic heterocycles. The summed E-state index contributed by atoms with van der Waals surface area (Å²) in [6.45, 7) is 6.06. The summed E-state index contributed by atoms with van der Waals surface area (Å²) in [6.07, 6.45) is 3.59. The number of pyridine rings is 1. The highest BCUT2D eigenvalue weighted by Gasteiger charge is 2.10. The third-order valence-corrected chi connectivity index (χ3v) is 4.57. The fourth-order valence-corrected chi connectivity index (χ4v) is 3.13. The van der Waals surface area contributed by atoms with Gasteiger partial charge in [-0.25, -0.2) is 9.97 Å². The second-order valence-electron chi connectivity index (χ2n) is 4.98. The van der Waals surface area contributed by atoms with Crippen LogP contribution in [0.1, 0.15) is 17.0 Å². The van der Waals surface area contributed by atoms with E-state index in [2.05, 4.69) is 15.0 Å². The fraction of sp³-hybridized carbons (Fsp3) is 0.188. The summed E-state index contributed by atoms with van der Waals surface area (Å²) in [6, 6.07) is 5.84. The first-order valence-corrected chi connectivity index (χ1v) is 7.50. The average molecular weight is 296 g/mol. The van der Waals surface area contributed by atoms with Crippen molar-refractivity contribution in [3.8, 4) is 0 Å². The SMILES string of the molecule is Cc1nc(Sc2ccc(N)c3ccncc23)nc(C)c1C. The molecule has 2 N–H and O–H groups in total. The summed E-state index contributed by atoms with van der Waals surface area (Å²) >= 11 is 1.55. The highest BCUT2D eigenvalue weighted by molar-refractivity contribution is 7.99. The molecule has 5 heteroatoms. The number of nitrogens with two attached hydrogens (primary N) is 1. The molecular weight excluding hydrogens is 280 g/mol. The lowest BCUT2D eigenvalue weighted by Crippen LogP contribution is -1.98. The number of anilines is 1. The Morgan fingerprint density at radius 2 is 1.67 bits per heavy atom. The predicted molar refractivity (Wildman–Crippen MR) is 86.5 cm³/mol. The molecule has 0 saturated carbocycles. The van der Waals surface area contributed by atoms with Crippen LogP contribution in [0.3, 0.4) is 0 Å². The normalized spacial score (nSPS) is 11.0. The van der Waals surface area contributed by atoms with Gasteiger partial charge in [0.2, 0.25) is 0 Å². The Kier molecular flexibility index (Phi) is 3.51. The second-order valence-corrected chi connectivity index (χ2v) is 5.99. The predicted octanol–water partition coefficient (Wildman–Crippen LogP) is 3.68. The first-order valence-electron chi connectivity index (χ1n) is 6.68. The van der Waals surface area contributed by atoms with Gasteiger partial charge in [0.1, 0.15) is 0 Å². The lowest BCUT2D eigenvalue weighted by Gasteiger charge is -2.09. The minimum Gasteiger partial charge on any atom is -0.398 e. The Labute approximate surface area is 127 Å². The highest BCUT2D eigenvalue weighted by Crippen LogP contribution is 2.34. The summed E-state index contributed by atoms with van der Waals surface area (Å²) in [7, 11) is 0. The lowest BCUT2D eigenvalue weighted by molar-refractivity contribution is 0.881. The molecule has 2 heterocycles. The van der Waals surface area contributed by atoms with Crippen LogP contribution < -0.4 is 5.73 Å². The monoisotopic (exact) mass is 296 g/mol. The molecule has 0 fully saturated rings. The van der Waals surface area contributed by atoms with Crippen molar-refractivity contribution in [1.29, 1.82) is 0 Å². The molecule has 0 saturated heterocycles. The summed E-state index contributed by atoms with van der Waals surface area (Å²) in [5.41, 5.74) is 9.95. The minimum absolute atomic E-state index is 0.755. The van der Waals surface area contributed by atoms with Crippen molar-refractivity contribution in [3.05, 3.63) is 47.5 Å². The molecule has 2 aromatic heterocycles. The topological polar surface area (TPSA) is 64.7 Å². The minimum atomic E-state index is 0.755. The lowest BCUT2D eigenvalue weighted by atomic mass is 10.1. The van der Waals surface area contributed by atoms with Gasteiger partial charge in [-0.3, -0.25) is 4.98 Å². The van der Waals surface area contributed by atoms with Crippen molar-refractivity contribution in [3.63, 3.8) is 0 Å². The van der Waals surface area contributed by atoms with Crippen LogP contribution >= 0.6 is 11.8 Å². The van der Waals surface area contributed by atoms with Gasteiger partial charge in [0.15, 0.2) is 5.16 Å². The standard InChI is InChI=1S/C16H16N4S/c1-9-10(2)19-16(20-11(9)3)21-15-5-4-14(17)12-6-7-18-8-13(12)15/h4-8H,17H2,1-3H3. The van der Waals surface area contributed by atoms with Crippen molar-refractivity contribution in [1.82, 2.24) is 15.0 Å². The maximum Gasteiger partial charge on any atom is 0.192 e. The zero-order chi connectivity index (χ0) is 15.0. The van der Waals surface area contributed by atoms with Gasteiger partial charge in [0.25, 0.3) is 0 Å². The molecule has 0 spiro atoms. The van der Waals surface area contributed by atoms with E-state index in [0.29, 0.717) is 0 Å². The molecule has 0 aliphatic carbocycles. The van der Waals surface area contributed by atoms with Crippen molar-refractivity contribution >= 4 is 28.2 Å². The molecule has 106 valence electrons. The van der Waals surface area contributed by atoms with Crippen LogP contribution in [-0.2, 0) is 0 Å². The molecule has 0 atom stereocenters. The van der Waals surface area contributed by atoms with E-state index in [9.17, 15) is 0 Å². The Hall–Kier alpha value is -2.14.